The van der Waals surface area contributed by atoms with Crippen LogP contribution in [0, 0.1) is 12.8 Å². The van der Waals surface area contributed by atoms with Gasteiger partial charge in [-0.3, -0.25) is 9.59 Å². The van der Waals surface area contributed by atoms with Crippen molar-refractivity contribution in [2.45, 2.75) is 27.2 Å². The first-order valence-electron chi connectivity index (χ1n) is 7.83. The number of carbonyl (C=O) groups is 2. The number of carbonyl (C=O) groups excluding carboxylic acids is 2. The SMILES string of the molecule is Cc1nc2cc(NC(=O)Cc3csc(NC(=O)C(C)C)n3)ccc2o1. The van der Waals surface area contributed by atoms with Gasteiger partial charge in [0, 0.05) is 23.9 Å². The Labute approximate surface area is 148 Å². The van der Waals surface area contributed by atoms with Crippen molar-refractivity contribution in [1.29, 1.82) is 0 Å². The Morgan fingerprint density at radius 2 is 2.04 bits per heavy atom. The number of benzene rings is 1. The molecule has 2 aromatic heterocycles. The monoisotopic (exact) mass is 358 g/mol. The summed E-state index contributed by atoms with van der Waals surface area (Å²) >= 11 is 1.30. The van der Waals surface area contributed by atoms with Gasteiger partial charge in [-0.2, -0.15) is 0 Å². The minimum atomic E-state index is -0.188. The van der Waals surface area contributed by atoms with Crippen LogP contribution in [-0.2, 0) is 16.0 Å². The molecule has 0 fully saturated rings. The van der Waals surface area contributed by atoms with Crippen LogP contribution in [-0.4, -0.2) is 21.8 Å². The molecule has 2 N–H and O–H groups in total. The molecule has 0 unspecified atom stereocenters. The number of fused-ring (bicyclic) bond motifs is 1. The topological polar surface area (TPSA) is 97.1 Å². The van der Waals surface area contributed by atoms with Gasteiger partial charge in [-0.1, -0.05) is 13.8 Å². The molecule has 0 aliphatic rings. The molecule has 0 spiro atoms. The molecule has 0 saturated heterocycles. The number of nitrogens with zero attached hydrogens (tertiary/aromatic N) is 2. The van der Waals surface area contributed by atoms with Gasteiger partial charge < -0.3 is 15.1 Å². The van der Waals surface area contributed by atoms with E-state index in [2.05, 4.69) is 20.6 Å². The molecule has 8 heteroatoms. The first-order valence-corrected chi connectivity index (χ1v) is 8.71. The Morgan fingerprint density at radius 3 is 2.80 bits per heavy atom. The van der Waals surface area contributed by atoms with E-state index in [0.717, 1.165) is 0 Å². The summed E-state index contributed by atoms with van der Waals surface area (Å²) in [6.45, 7) is 5.39. The van der Waals surface area contributed by atoms with Crippen molar-refractivity contribution in [2.24, 2.45) is 5.92 Å². The minimum absolute atomic E-state index is 0.0958. The van der Waals surface area contributed by atoms with Crippen LogP contribution in [0.15, 0.2) is 28.0 Å². The number of aryl methyl sites for hydroxylation is 1. The number of aromatic nitrogens is 2. The van der Waals surface area contributed by atoms with E-state index >= 15 is 0 Å². The number of thiazole rings is 1. The molecular weight excluding hydrogens is 340 g/mol. The van der Waals surface area contributed by atoms with E-state index in [1.54, 1.807) is 30.5 Å². The highest BCUT2D eigenvalue weighted by Gasteiger charge is 2.12. The Kier molecular flexibility index (Phi) is 4.80. The van der Waals surface area contributed by atoms with E-state index in [1.165, 1.54) is 11.3 Å². The molecule has 0 radical (unpaired) electrons. The van der Waals surface area contributed by atoms with Crippen LogP contribution in [0.2, 0.25) is 0 Å². The van der Waals surface area contributed by atoms with Crippen LogP contribution < -0.4 is 10.6 Å². The fourth-order valence-corrected chi connectivity index (χ4v) is 2.90. The third kappa shape index (κ3) is 4.21. The second-order valence-corrected chi connectivity index (χ2v) is 6.79. The molecule has 0 aliphatic heterocycles. The summed E-state index contributed by atoms with van der Waals surface area (Å²) in [5.74, 6) is 0.177. The third-order valence-corrected chi connectivity index (χ3v) is 4.23. The molecule has 130 valence electrons. The predicted octanol–water partition coefficient (Wildman–Crippen LogP) is 3.37. The van der Waals surface area contributed by atoms with Crippen molar-refractivity contribution in [3.63, 3.8) is 0 Å². The Hall–Kier alpha value is -2.74. The van der Waals surface area contributed by atoms with Crippen LogP contribution in [0.1, 0.15) is 25.4 Å². The Morgan fingerprint density at radius 1 is 1.24 bits per heavy atom. The van der Waals surface area contributed by atoms with Gasteiger partial charge in [-0.25, -0.2) is 9.97 Å². The number of rotatable bonds is 5. The van der Waals surface area contributed by atoms with Crippen molar-refractivity contribution < 1.29 is 14.0 Å². The number of hydrogen-bond donors (Lipinski definition) is 2. The van der Waals surface area contributed by atoms with Gasteiger partial charge in [0.05, 0.1) is 12.1 Å². The number of nitrogens with one attached hydrogen (secondary N) is 2. The Balaban J connectivity index is 1.61. The van der Waals surface area contributed by atoms with Crippen LogP contribution in [0.3, 0.4) is 0 Å². The standard InChI is InChI=1S/C17H18N4O3S/c1-9(2)16(23)21-17-20-12(8-25-17)7-15(22)19-11-4-5-14-13(6-11)18-10(3)24-14/h4-6,8-9H,7H2,1-3H3,(H,19,22)(H,20,21,23). The molecule has 0 saturated carbocycles. The lowest BCUT2D eigenvalue weighted by Gasteiger charge is -2.04. The summed E-state index contributed by atoms with van der Waals surface area (Å²) in [5, 5.41) is 7.81. The summed E-state index contributed by atoms with van der Waals surface area (Å²) in [6, 6.07) is 5.30. The van der Waals surface area contributed by atoms with Gasteiger partial charge >= 0.3 is 0 Å². The predicted molar refractivity (Wildman–Crippen MR) is 96.7 cm³/mol. The van der Waals surface area contributed by atoms with E-state index in [4.69, 9.17) is 4.42 Å². The molecule has 3 aromatic rings. The van der Waals surface area contributed by atoms with Crippen molar-refractivity contribution in [3.8, 4) is 0 Å². The maximum atomic E-state index is 12.2. The molecule has 2 amide bonds. The van der Waals surface area contributed by atoms with E-state index in [9.17, 15) is 9.59 Å². The van der Waals surface area contributed by atoms with Crippen molar-refractivity contribution >= 4 is 45.1 Å². The zero-order valence-corrected chi connectivity index (χ0v) is 14.9. The highest BCUT2D eigenvalue weighted by molar-refractivity contribution is 7.13. The average Bonchev–Trinajstić information content (AvgIpc) is 3.11. The molecule has 2 heterocycles. The number of anilines is 2. The summed E-state index contributed by atoms with van der Waals surface area (Å²) < 4.78 is 5.41. The highest BCUT2D eigenvalue weighted by atomic mass is 32.1. The maximum absolute atomic E-state index is 12.2. The summed E-state index contributed by atoms with van der Waals surface area (Å²) in [4.78, 5) is 32.3. The maximum Gasteiger partial charge on any atom is 0.230 e. The zero-order chi connectivity index (χ0) is 18.0. The number of amides is 2. The van der Waals surface area contributed by atoms with Gasteiger partial charge in [0.1, 0.15) is 5.52 Å². The first-order chi connectivity index (χ1) is 11.9. The zero-order valence-electron chi connectivity index (χ0n) is 14.1. The fraction of sp³-hybridized carbons (Fsp3) is 0.294. The van der Waals surface area contributed by atoms with Crippen LogP contribution in [0.5, 0.6) is 0 Å². The van der Waals surface area contributed by atoms with Gasteiger partial charge in [0.25, 0.3) is 0 Å². The van der Waals surface area contributed by atoms with Crippen LogP contribution in [0.4, 0.5) is 10.8 Å². The summed E-state index contributed by atoms with van der Waals surface area (Å²) in [7, 11) is 0. The smallest absolute Gasteiger partial charge is 0.230 e. The molecule has 3 rings (SSSR count). The normalized spacial score (nSPS) is 11.0. The lowest BCUT2D eigenvalue weighted by molar-refractivity contribution is -0.119. The van der Waals surface area contributed by atoms with E-state index < -0.39 is 0 Å². The van der Waals surface area contributed by atoms with E-state index in [-0.39, 0.29) is 24.2 Å². The van der Waals surface area contributed by atoms with Gasteiger partial charge in [-0.15, -0.1) is 11.3 Å². The van der Waals surface area contributed by atoms with Crippen molar-refractivity contribution in [3.05, 3.63) is 35.2 Å². The molecule has 25 heavy (non-hydrogen) atoms. The largest absolute Gasteiger partial charge is 0.441 e. The second kappa shape index (κ2) is 7.02. The summed E-state index contributed by atoms with van der Waals surface area (Å²) in [5.41, 5.74) is 2.64. The average molecular weight is 358 g/mol. The molecule has 0 bridgehead atoms. The summed E-state index contributed by atoms with van der Waals surface area (Å²) in [6.07, 6.45) is 0.129. The van der Waals surface area contributed by atoms with Gasteiger partial charge in [-0.05, 0) is 18.2 Å². The lowest BCUT2D eigenvalue weighted by Crippen LogP contribution is -2.18. The number of oxazole rings is 1. The fourth-order valence-electron chi connectivity index (χ4n) is 2.19. The highest BCUT2D eigenvalue weighted by Crippen LogP contribution is 2.20. The van der Waals surface area contributed by atoms with Crippen LogP contribution in [0.25, 0.3) is 11.1 Å². The van der Waals surface area contributed by atoms with Crippen LogP contribution >= 0.6 is 11.3 Å². The lowest BCUT2D eigenvalue weighted by atomic mass is 10.2. The Bertz CT molecular complexity index is 929. The van der Waals surface area contributed by atoms with E-state index in [1.807, 2.05) is 13.8 Å². The quantitative estimate of drug-likeness (QED) is 0.729. The van der Waals surface area contributed by atoms with Gasteiger partial charge in [0.15, 0.2) is 16.6 Å². The van der Waals surface area contributed by atoms with Crippen molar-refractivity contribution in [2.75, 3.05) is 10.6 Å². The minimum Gasteiger partial charge on any atom is -0.441 e. The molecule has 7 nitrogen and oxygen atoms in total. The number of hydrogen-bond acceptors (Lipinski definition) is 6. The van der Waals surface area contributed by atoms with Crippen molar-refractivity contribution in [1.82, 2.24) is 9.97 Å². The van der Waals surface area contributed by atoms with Gasteiger partial charge in [0.2, 0.25) is 11.8 Å². The first kappa shape index (κ1) is 17.1. The van der Waals surface area contributed by atoms with E-state index in [0.29, 0.717) is 33.5 Å². The molecule has 0 atom stereocenters. The molecule has 1 aromatic carbocycles. The molecular formula is C17H18N4O3S. The third-order valence-electron chi connectivity index (χ3n) is 3.43. The second-order valence-electron chi connectivity index (χ2n) is 5.93. The molecule has 0 aliphatic carbocycles.